The molecule has 1 fully saturated rings. The van der Waals surface area contributed by atoms with Crippen LogP contribution in [0.5, 0.6) is 0 Å². The van der Waals surface area contributed by atoms with E-state index in [-0.39, 0.29) is 0 Å². The van der Waals surface area contributed by atoms with Crippen molar-refractivity contribution in [2.75, 3.05) is 18.0 Å². The van der Waals surface area contributed by atoms with Gasteiger partial charge in [-0.05, 0) is 49.6 Å². The molecular weight excluding hydrogens is 232 g/mol. The van der Waals surface area contributed by atoms with Gasteiger partial charge >= 0.3 is 0 Å². The van der Waals surface area contributed by atoms with Crippen molar-refractivity contribution in [3.8, 4) is 0 Å². The number of nitrogens with zero attached hydrogens (tertiary/aromatic N) is 2. The summed E-state index contributed by atoms with van der Waals surface area (Å²) in [5.41, 5.74) is 1.02. The van der Waals surface area contributed by atoms with E-state index in [2.05, 4.69) is 23.5 Å². The quantitative estimate of drug-likeness (QED) is 0.762. The lowest BCUT2D eigenvalue weighted by molar-refractivity contribution is 0.672. The number of rotatable bonds is 1. The number of aromatic nitrogens is 1. The van der Waals surface area contributed by atoms with Crippen LogP contribution in [-0.4, -0.2) is 18.1 Å². The average molecular weight is 246 g/mol. The van der Waals surface area contributed by atoms with Crippen LogP contribution in [0, 0.1) is 6.42 Å². The third-order valence-corrected chi connectivity index (χ3v) is 3.40. The van der Waals surface area contributed by atoms with E-state index in [0.29, 0.717) is 0 Å². The Balaban J connectivity index is 1.98. The molecule has 1 aromatic heterocycles. The summed E-state index contributed by atoms with van der Waals surface area (Å²) in [6, 6.07) is 10.0. The zero-order chi connectivity index (χ0) is 11.7. The molecule has 2 aromatic rings. The maximum Gasteiger partial charge on any atom is 0.129 e. The Kier molecular flexibility index (Phi) is 2.89. The molecule has 2 nitrogen and oxygen atoms in total. The topological polar surface area (TPSA) is 16.1 Å². The normalized spacial score (nSPS) is 16.4. The summed E-state index contributed by atoms with van der Waals surface area (Å²) >= 11 is 5.96. The van der Waals surface area contributed by atoms with Gasteiger partial charge in [0.2, 0.25) is 0 Å². The molecule has 3 heteroatoms. The van der Waals surface area contributed by atoms with Gasteiger partial charge in [-0.1, -0.05) is 11.6 Å². The summed E-state index contributed by atoms with van der Waals surface area (Å²) < 4.78 is 0. The van der Waals surface area contributed by atoms with Crippen LogP contribution in [0.3, 0.4) is 0 Å². The first-order valence-corrected chi connectivity index (χ1v) is 6.34. The molecule has 0 spiro atoms. The average Bonchev–Trinajstić information content (AvgIpc) is 2.39. The monoisotopic (exact) mass is 245 g/mol. The van der Waals surface area contributed by atoms with Crippen LogP contribution in [-0.2, 0) is 0 Å². The van der Waals surface area contributed by atoms with E-state index in [0.717, 1.165) is 47.7 Å². The van der Waals surface area contributed by atoms with Crippen LogP contribution >= 0.6 is 11.6 Å². The summed E-state index contributed by atoms with van der Waals surface area (Å²) in [4.78, 5) is 7.03. The third kappa shape index (κ3) is 2.22. The van der Waals surface area contributed by atoms with Crippen molar-refractivity contribution in [1.29, 1.82) is 0 Å². The first-order chi connectivity index (χ1) is 8.33. The lowest BCUT2D eigenvalue weighted by Crippen LogP contribution is -2.30. The fraction of sp³-hybridized carbons (Fsp3) is 0.286. The lowest BCUT2D eigenvalue weighted by atomic mass is 10.1. The molecule has 87 valence electrons. The van der Waals surface area contributed by atoms with Gasteiger partial charge in [0.25, 0.3) is 0 Å². The van der Waals surface area contributed by atoms with Gasteiger partial charge in [0.15, 0.2) is 0 Å². The predicted molar refractivity (Wildman–Crippen MR) is 72.5 cm³/mol. The minimum Gasteiger partial charge on any atom is -0.357 e. The summed E-state index contributed by atoms with van der Waals surface area (Å²) in [5, 5.41) is 1.87. The van der Waals surface area contributed by atoms with Crippen LogP contribution in [0.25, 0.3) is 10.9 Å². The third-order valence-electron chi connectivity index (χ3n) is 3.17. The Bertz CT molecular complexity index is 533. The van der Waals surface area contributed by atoms with Crippen LogP contribution in [0.1, 0.15) is 12.8 Å². The number of hydrogen-bond acceptors (Lipinski definition) is 2. The number of fused-ring (bicyclic) bond motifs is 1. The Labute approximate surface area is 106 Å². The van der Waals surface area contributed by atoms with Crippen molar-refractivity contribution in [3.05, 3.63) is 41.8 Å². The first kappa shape index (κ1) is 10.8. The number of hydrogen-bond donors (Lipinski definition) is 0. The van der Waals surface area contributed by atoms with Crippen molar-refractivity contribution in [3.63, 3.8) is 0 Å². The minimum atomic E-state index is 0.764. The molecule has 0 unspecified atom stereocenters. The maximum atomic E-state index is 5.96. The highest BCUT2D eigenvalue weighted by atomic mass is 35.5. The van der Waals surface area contributed by atoms with E-state index in [1.54, 1.807) is 0 Å². The van der Waals surface area contributed by atoms with Crippen molar-refractivity contribution in [2.24, 2.45) is 0 Å². The van der Waals surface area contributed by atoms with Gasteiger partial charge in [0.05, 0.1) is 5.52 Å². The molecule has 3 rings (SSSR count). The largest absolute Gasteiger partial charge is 0.357 e. The molecule has 1 aliphatic heterocycles. The lowest BCUT2D eigenvalue weighted by Gasteiger charge is -2.27. The van der Waals surface area contributed by atoms with E-state index in [1.165, 1.54) is 0 Å². The van der Waals surface area contributed by atoms with Crippen LogP contribution in [0.15, 0.2) is 30.3 Å². The van der Waals surface area contributed by atoms with Gasteiger partial charge in [0.1, 0.15) is 5.82 Å². The molecule has 17 heavy (non-hydrogen) atoms. The molecule has 1 aromatic carbocycles. The van der Waals surface area contributed by atoms with Crippen molar-refractivity contribution >= 4 is 28.3 Å². The number of pyridine rings is 1. The molecule has 0 saturated carbocycles. The summed E-state index contributed by atoms with van der Waals surface area (Å²) in [6.45, 7) is 2.15. The number of piperidine rings is 1. The van der Waals surface area contributed by atoms with Crippen LogP contribution < -0.4 is 4.90 Å². The Morgan fingerprint density at radius 3 is 2.71 bits per heavy atom. The zero-order valence-electron chi connectivity index (χ0n) is 9.56. The molecule has 0 aliphatic carbocycles. The Morgan fingerprint density at radius 1 is 1.06 bits per heavy atom. The van der Waals surface area contributed by atoms with Gasteiger partial charge in [-0.25, -0.2) is 4.98 Å². The predicted octanol–water partition coefficient (Wildman–Crippen LogP) is 3.69. The Hall–Kier alpha value is -1.28. The SMILES string of the molecule is Clc1ccc2nc(N3CC[CH]CC3)ccc2c1. The van der Waals surface area contributed by atoms with Gasteiger partial charge in [0, 0.05) is 23.5 Å². The minimum absolute atomic E-state index is 0.764. The number of benzene rings is 1. The summed E-state index contributed by atoms with van der Waals surface area (Å²) in [6.07, 6.45) is 4.65. The fourth-order valence-corrected chi connectivity index (χ4v) is 2.42. The first-order valence-electron chi connectivity index (χ1n) is 5.96. The standard InChI is InChI=1S/C14H14ClN2/c15-12-5-6-13-11(10-12)4-7-14(16-13)17-8-2-1-3-9-17/h1,4-7,10H,2-3,8-9H2. The molecule has 0 atom stereocenters. The van der Waals surface area contributed by atoms with Gasteiger partial charge < -0.3 is 4.90 Å². The summed E-state index contributed by atoms with van der Waals surface area (Å²) in [7, 11) is 0. The zero-order valence-corrected chi connectivity index (χ0v) is 10.3. The molecule has 0 bridgehead atoms. The molecule has 1 saturated heterocycles. The Morgan fingerprint density at radius 2 is 1.88 bits per heavy atom. The molecule has 1 radical (unpaired) electrons. The smallest absolute Gasteiger partial charge is 0.129 e. The maximum absolute atomic E-state index is 5.96. The van der Waals surface area contributed by atoms with Crippen molar-refractivity contribution in [2.45, 2.75) is 12.8 Å². The second kappa shape index (κ2) is 4.53. The van der Waals surface area contributed by atoms with E-state index in [9.17, 15) is 0 Å². The second-order valence-corrected chi connectivity index (χ2v) is 4.80. The van der Waals surface area contributed by atoms with Crippen molar-refractivity contribution in [1.82, 2.24) is 4.98 Å². The highest BCUT2D eigenvalue weighted by molar-refractivity contribution is 6.31. The number of anilines is 1. The van der Waals surface area contributed by atoms with Crippen molar-refractivity contribution < 1.29 is 0 Å². The van der Waals surface area contributed by atoms with Gasteiger partial charge in [-0.15, -0.1) is 0 Å². The molecule has 1 aliphatic rings. The van der Waals surface area contributed by atoms with Crippen LogP contribution in [0.4, 0.5) is 5.82 Å². The van der Waals surface area contributed by atoms with Crippen LogP contribution in [0.2, 0.25) is 5.02 Å². The van der Waals surface area contributed by atoms with E-state index >= 15 is 0 Å². The molecule has 2 heterocycles. The fourth-order valence-electron chi connectivity index (χ4n) is 2.24. The molecule has 0 amide bonds. The molecular formula is C14H14ClN2. The van der Waals surface area contributed by atoms with Gasteiger partial charge in [-0.3, -0.25) is 0 Å². The van der Waals surface area contributed by atoms with E-state index < -0.39 is 0 Å². The molecule has 0 N–H and O–H groups in total. The highest BCUT2D eigenvalue weighted by Crippen LogP contribution is 2.23. The van der Waals surface area contributed by atoms with E-state index in [4.69, 9.17) is 16.6 Å². The van der Waals surface area contributed by atoms with Gasteiger partial charge in [-0.2, -0.15) is 0 Å². The number of halogens is 1. The summed E-state index contributed by atoms with van der Waals surface area (Å²) in [5.74, 6) is 1.08. The van der Waals surface area contributed by atoms with E-state index in [1.807, 2.05) is 18.2 Å². The second-order valence-electron chi connectivity index (χ2n) is 4.36. The highest BCUT2D eigenvalue weighted by Gasteiger charge is 2.12.